The third-order valence-electron chi connectivity index (χ3n) is 4.27. The highest BCUT2D eigenvalue weighted by atomic mass is 16.3. The first-order chi connectivity index (χ1) is 9.07. The molecule has 1 aromatic carbocycles. The molecule has 102 valence electrons. The van der Waals surface area contributed by atoms with E-state index in [4.69, 9.17) is 10.7 Å². The Morgan fingerprint density at radius 2 is 2.16 bits per heavy atom. The van der Waals surface area contributed by atoms with Crippen LogP contribution >= 0.6 is 0 Å². The number of nitrogen functional groups attached to an aromatic ring is 1. The monoisotopic (exact) mass is 259 g/mol. The molecule has 4 heteroatoms. The van der Waals surface area contributed by atoms with Crippen LogP contribution in [0.2, 0.25) is 0 Å². The number of hydrogen-bond acceptors (Lipinski definition) is 3. The lowest BCUT2D eigenvalue weighted by atomic mass is 9.76. The maximum Gasteiger partial charge on any atom is 0.113 e. The summed E-state index contributed by atoms with van der Waals surface area (Å²) in [5.41, 5.74) is 8.46. The lowest BCUT2D eigenvalue weighted by Crippen LogP contribution is -2.45. The van der Waals surface area contributed by atoms with Gasteiger partial charge in [-0.3, -0.25) is 0 Å². The molecule has 1 aromatic heterocycles. The van der Waals surface area contributed by atoms with Crippen molar-refractivity contribution in [3.8, 4) is 0 Å². The molecule has 2 aromatic rings. The molecule has 4 nitrogen and oxygen atoms in total. The Kier molecular flexibility index (Phi) is 2.78. The minimum atomic E-state index is -0.148. The molecule has 0 atom stereocenters. The summed E-state index contributed by atoms with van der Waals surface area (Å²) in [6, 6.07) is 5.86. The van der Waals surface area contributed by atoms with E-state index < -0.39 is 0 Å². The summed E-state index contributed by atoms with van der Waals surface area (Å²) < 4.78 is 2.26. The van der Waals surface area contributed by atoms with E-state index in [1.54, 1.807) is 0 Å². The molecule has 19 heavy (non-hydrogen) atoms. The quantitative estimate of drug-likeness (QED) is 0.833. The Morgan fingerprint density at radius 3 is 2.68 bits per heavy atom. The molecule has 0 bridgehead atoms. The van der Waals surface area contributed by atoms with Crippen molar-refractivity contribution in [2.24, 2.45) is 0 Å². The summed E-state index contributed by atoms with van der Waals surface area (Å²) in [4.78, 5) is 4.74. The standard InChI is InChI=1S/C15H21N3O/c1-10(2)14-17-12-8-11(16)4-5-13(12)18(14)15(9-19)6-3-7-15/h4-5,8,10,19H,3,6-7,9,16H2,1-2H3. The number of aliphatic hydroxyl groups excluding tert-OH is 1. The van der Waals surface area contributed by atoms with E-state index in [-0.39, 0.29) is 12.1 Å². The smallest absolute Gasteiger partial charge is 0.113 e. The van der Waals surface area contributed by atoms with Crippen molar-refractivity contribution in [2.75, 3.05) is 12.3 Å². The van der Waals surface area contributed by atoms with Gasteiger partial charge in [0.25, 0.3) is 0 Å². The molecule has 3 rings (SSSR count). The molecule has 0 unspecified atom stereocenters. The number of benzene rings is 1. The first-order valence-corrected chi connectivity index (χ1v) is 6.97. The topological polar surface area (TPSA) is 64.1 Å². The molecule has 0 radical (unpaired) electrons. The second-order valence-corrected chi connectivity index (χ2v) is 5.94. The van der Waals surface area contributed by atoms with Crippen molar-refractivity contribution in [1.29, 1.82) is 0 Å². The summed E-state index contributed by atoms with van der Waals surface area (Å²) in [7, 11) is 0. The molecule has 1 heterocycles. The molecule has 1 fully saturated rings. The Balaban J connectivity index is 2.28. The molecule has 3 N–H and O–H groups in total. The summed E-state index contributed by atoms with van der Waals surface area (Å²) in [6.45, 7) is 4.47. The van der Waals surface area contributed by atoms with Crippen molar-refractivity contribution in [3.63, 3.8) is 0 Å². The number of rotatable bonds is 3. The number of aromatic nitrogens is 2. The molecule has 1 saturated carbocycles. The first kappa shape index (κ1) is 12.5. The fourth-order valence-corrected chi connectivity index (χ4v) is 3.04. The maximum absolute atomic E-state index is 9.86. The lowest BCUT2D eigenvalue weighted by molar-refractivity contribution is 0.0557. The molecule has 0 saturated heterocycles. The Morgan fingerprint density at radius 1 is 1.42 bits per heavy atom. The zero-order chi connectivity index (χ0) is 13.6. The number of hydrogen-bond donors (Lipinski definition) is 2. The minimum absolute atomic E-state index is 0.148. The Hall–Kier alpha value is -1.55. The van der Waals surface area contributed by atoms with Crippen molar-refractivity contribution in [2.45, 2.75) is 44.6 Å². The van der Waals surface area contributed by atoms with Gasteiger partial charge < -0.3 is 15.4 Å². The maximum atomic E-state index is 9.86. The average molecular weight is 259 g/mol. The number of nitrogens with two attached hydrogens (primary N) is 1. The molecular weight excluding hydrogens is 238 g/mol. The van der Waals surface area contributed by atoms with Crippen molar-refractivity contribution in [1.82, 2.24) is 9.55 Å². The molecule has 0 spiro atoms. The highest BCUT2D eigenvalue weighted by Gasteiger charge is 2.41. The minimum Gasteiger partial charge on any atom is -0.399 e. The normalized spacial score (nSPS) is 17.9. The van der Waals surface area contributed by atoms with E-state index in [0.717, 1.165) is 35.4 Å². The van der Waals surface area contributed by atoms with Gasteiger partial charge in [-0.2, -0.15) is 0 Å². The third-order valence-corrected chi connectivity index (χ3v) is 4.27. The molecule has 1 aliphatic carbocycles. The van der Waals surface area contributed by atoms with Gasteiger partial charge >= 0.3 is 0 Å². The van der Waals surface area contributed by atoms with Crippen LogP contribution in [0.25, 0.3) is 11.0 Å². The lowest BCUT2D eigenvalue weighted by Gasteiger charge is -2.43. The first-order valence-electron chi connectivity index (χ1n) is 6.97. The molecule has 0 aliphatic heterocycles. The fraction of sp³-hybridized carbons (Fsp3) is 0.533. The van der Waals surface area contributed by atoms with Crippen LogP contribution in [0.4, 0.5) is 5.69 Å². The van der Waals surface area contributed by atoms with Crippen LogP contribution in [0.1, 0.15) is 44.9 Å². The van der Waals surface area contributed by atoms with E-state index in [1.165, 1.54) is 6.42 Å². The second kappa shape index (κ2) is 4.23. The Bertz CT molecular complexity index is 606. The number of aliphatic hydroxyl groups is 1. The van der Waals surface area contributed by atoms with Crippen molar-refractivity contribution < 1.29 is 5.11 Å². The summed E-state index contributed by atoms with van der Waals surface area (Å²) >= 11 is 0. The van der Waals surface area contributed by atoms with Gasteiger partial charge in [0.1, 0.15) is 5.82 Å². The third kappa shape index (κ3) is 1.74. The average Bonchev–Trinajstić information content (AvgIpc) is 2.68. The van der Waals surface area contributed by atoms with Crippen LogP contribution in [0.15, 0.2) is 18.2 Å². The van der Waals surface area contributed by atoms with Gasteiger partial charge in [-0.05, 0) is 37.5 Å². The molecule has 1 aliphatic rings. The van der Waals surface area contributed by atoms with Crippen LogP contribution in [0.3, 0.4) is 0 Å². The van der Waals surface area contributed by atoms with Gasteiger partial charge in [0, 0.05) is 11.6 Å². The summed E-state index contributed by atoms with van der Waals surface area (Å²) in [6.07, 6.45) is 3.23. The van der Waals surface area contributed by atoms with Gasteiger partial charge in [0.15, 0.2) is 0 Å². The second-order valence-electron chi connectivity index (χ2n) is 5.94. The fourth-order valence-electron chi connectivity index (χ4n) is 3.04. The SMILES string of the molecule is CC(C)c1nc2cc(N)ccc2n1C1(CO)CCC1. The zero-order valence-corrected chi connectivity index (χ0v) is 11.6. The van der Waals surface area contributed by atoms with Crippen LogP contribution < -0.4 is 5.73 Å². The van der Waals surface area contributed by atoms with Gasteiger partial charge in [-0.25, -0.2) is 4.98 Å². The van der Waals surface area contributed by atoms with Gasteiger partial charge in [-0.1, -0.05) is 13.8 Å². The Labute approximate surface area is 113 Å². The largest absolute Gasteiger partial charge is 0.399 e. The van der Waals surface area contributed by atoms with Crippen LogP contribution in [0.5, 0.6) is 0 Å². The zero-order valence-electron chi connectivity index (χ0n) is 11.6. The van der Waals surface area contributed by atoms with Gasteiger partial charge in [-0.15, -0.1) is 0 Å². The van der Waals surface area contributed by atoms with Gasteiger partial charge in [0.2, 0.25) is 0 Å². The number of imidazole rings is 1. The van der Waals surface area contributed by atoms with E-state index in [2.05, 4.69) is 18.4 Å². The summed E-state index contributed by atoms with van der Waals surface area (Å²) in [5.74, 6) is 1.38. The van der Waals surface area contributed by atoms with E-state index in [0.29, 0.717) is 5.92 Å². The van der Waals surface area contributed by atoms with Crippen LogP contribution in [0, 0.1) is 0 Å². The predicted octanol–water partition coefficient (Wildman–Crippen LogP) is 2.61. The number of nitrogens with zero attached hydrogens (tertiary/aromatic N) is 2. The highest BCUT2D eigenvalue weighted by Crippen LogP contribution is 2.43. The predicted molar refractivity (Wildman–Crippen MR) is 77.1 cm³/mol. The molecule has 0 amide bonds. The van der Waals surface area contributed by atoms with Gasteiger partial charge in [0.05, 0.1) is 23.2 Å². The number of fused-ring (bicyclic) bond motifs is 1. The van der Waals surface area contributed by atoms with E-state index in [9.17, 15) is 5.11 Å². The van der Waals surface area contributed by atoms with Crippen LogP contribution in [-0.2, 0) is 5.54 Å². The van der Waals surface area contributed by atoms with E-state index >= 15 is 0 Å². The van der Waals surface area contributed by atoms with Crippen molar-refractivity contribution >= 4 is 16.7 Å². The molecular formula is C15H21N3O. The number of anilines is 1. The van der Waals surface area contributed by atoms with Crippen molar-refractivity contribution in [3.05, 3.63) is 24.0 Å². The summed E-state index contributed by atoms with van der Waals surface area (Å²) in [5, 5.41) is 9.86. The van der Waals surface area contributed by atoms with Crippen LogP contribution in [-0.4, -0.2) is 21.3 Å². The van der Waals surface area contributed by atoms with E-state index in [1.807, 2.05) is 18.2 Å². The highest BCUT2D eigenvalue weighted by molar-refractivity contribution is 5.80.